The van der Waals surface area contributed by atoms with Crippen molar-refractivity contribution >= 4 is 34.4 Å². The van der Waals surface area contributed by atoms with Gasteiger partial charge in [0.05, 0.1) is 29.1 Å². The molecule has 0 radical (unpaired) electrons. The predicted octanol–water partition coefficient (Wildman–Crippen LogP) is 3.51. The molecule has 8 heteroatoms. The van der Waals surface area contributed by atoms with Gasteiger partial charge in [-0.1, -0.05) is 17.7 Å². The van der Waals surface area contributed by atoms with Crippen LogP contribution < -0.4 is 10.6 Å². The number of nitrogens with one attached hydrogen (secondary N) is 2. The van der Waals surface area contributed by atoms with Crippen molar-refractivity contribution in [3.05, 3.63) is 41.0 Å². The zero-order valence-corrected chi connectivity index (χ0v) is 17.5. The van der Waals surface area contributed by atoms with Crippen molar-refractivity contribution < 1.29 is 9.90 Å². The average Bonchev–Trinajstić information content (AvgIpc) is 3.37. The molecule has 2 heterocycles. The van der Waals surface area contributed by atoms with Crippen molar-refractivity contribution in [1.82, 2.24) is 19.9 Å². The minimum absolute atomic E-state index is 0.0494. The van der Waals surface area contributed by atoms with Crippen molar-refractivity contribution in [1.29, 1.82) is 0 Å². The number of aryl methyl sites for hydroxylation is 1. The van der Waals surface area contributed by atoms with Gasteiger partial charge in [0, 0.05) is 29.6 Å². The van der Waals surface area contributed by atoms with Crippen LogP contribution in [0.4, 0.5) is 5.95 Å². The Labute approximate surface area is 179 Å². The van der Waals surface area contributed by atoms with Crippen LogP contribution in [0.2, 0.25) is 5.02 Å². The molecule has 2 fully saturated rings. The lowest BCUT2D eigenvalue weighted by Gasteiger charge is -2.17. The minimum Gasteiger partial charge on any atom is -0.391 e. The lowest BCUT2D eigenvalue weighted by Crippen LogP contribution is -2.28. The van der Waals surface area contributed by atoms with Gasteiger partial charge in [0.15, 0.2) is 0 Å². The van der Waals surface area contributed by atoms with Crippen LogP contribution >= 0.6 is 11.6 Å². The summed E-state index contributed by atoms with van der Waals surface area (Å²) in [5, 5.41) is 17.7. The smallest absolute Gasteiger partial charge is 0.252 e. The highest BCUT2D eigenvalue weighted by Gasteiger charge is 2.27. The lowest BCUT2D eigenvalue weighted by molar-refractivity contribution is 0.0952. The number of aliphatic hydroxyl groups is 1. The number of nitrogens with zero attached hydrogens (tertiary/aromatic N) is 3. The number of anilines is 1. The number of carbonyl (C=O) groups excluding carboxylic acids is 1. The number of halogens is 1. The number of aliphatic hydroxyl groups excluding tert-OH is 1. The van der Waals surface area contributed by atoms with Gasteiger partial charge in [0.2, 0.25) is 5.95 Å². The van der Waals surface area contributed by atoms with E-state index in [1.54, 1.807) is 6.20 Å². The molecule has 2 saturated carbocycles. The third kappa shape index (κ3) is 3.52. The van der Waals surface area contributed by atoms with Gasteiger partial charge in [-0.05, 0) is 50.3 Å². The van der Waals surface area contributed by atoms with Crippen LogP contribution in [0.5, 0.6) is 0 Å². The second-order valence-electron chi connectivity index (χ2n) is 8.21. The van der Waals surface area contributed by atoms with Crippen molar-refractivity contribution in [3.8, 4) is 11.4 Å². The Hall–Kier alpha value is -2.64. The molecule has 2 aliphatic carbocycles. The molecule has 156 valence electrons. The first-order valence-corrected chi connectivity index (χ1v) is 10.8. The molecule has 0 spiro atoms. The summed E-state index contributed by atoms with van der Waals surface area (Å²) in [6.07, 6.45) is 5.93. The molecule has 2 unspecified atom stereocenters. The first kappa shape index (κ1) is 19.3. The highest BCUT2D eigenvalue weighted by atomic mass is 35.5. The fourth-order valence-corrected chi connectivity index (χ4v) is 4.36. The Morgan fingerprint density at radius 2 is 2.10 bits per heavy atom. The summed E-state index contributed by atoms with van der Waals surface area (Å²) in [5.74, 6) is 0.393. The topological polar surface area (TPSA) is 92.1 Å². The molecule has 1 aromatic carbocycles. The van der Waals surface area contributed by atoms with E-state index in [0.29, 0.717) is 28.3 Å². The fourth-order valence-electron chi connectivity index (χ4n) is 4.17. The number of carbonyl (C=O) groups is 1. The molecule has 5 rings (SSSR count). The van der Waals surface area contributed by atoms with Crippen LogP contribution in [0.15, 0.2) is 30.5 Å². The molecule has 1 amide bonds. The molecule has 2 aliphatic rings. The molecule has 0 saturated heterocycles. The van der Waals surface area contributed by atoms with E-state index in [4.69, 9.17) is 11.6 Å². The van der Waals surface area contributed by atoms with Gasteiger partial charge in [-0.2, -0.15) is 0 Å². The molecule has 0 bridgehead atoms. The number of amides is 1. The molecule has 2 aromatic heterocycles. The highest BCUT2D eigenvalue weighted by molar-refractivity contribution is 6.33. The number of fused-ring (bicyclic) bond motifs is 1. The van der Waals surface area contributed by atoms with Gasteiger partial charge in [-0.3, -0.25) is 4.79 Å². The van der Waals surface area contributed by atoms with Crippen molar-refractivity contribution in [2.24, 2.45) is 7.05 Å². The molecule has 30 heavy (non-hydrogen) atoms. The maximum absolute atomic E-state index is 12.7. The molecule has 0 aliphatic heterocycles. The fraction of sp³-hybridized carbons (Fsp3) is 0.409. The summed E-state index contributed by atoms with van der Waals surface area (Å²) in [4.78, 5) is 21.6. The number of aromatic nitrogens is 3. The second kappa shape index (κ2) is 7.56. The van der Waals surface area contributed by atoms with Crippen LogP contribution in [0.1, 0.15) is 42.5 Å². The summed E-state index contributed by atoms with van der Waals surface area (Å²) < 4.78 is 1.99. The largest absolute Gasteiger partial charge is 0.391 e. The van der Waals surface area contributed by atoms with Gasteiger partial charge in [0.1, 0.15) is 5.69 Å². The lowest BCUT2D eigenvalue weighted by atomic mass is 10.1. The Balaban J connectivity index is 1.53. The van der Waals surface area contributed by atoms with Crippen LogP contribution in [0.25, 0.3) is 22.3 Å². The number of rotatable bonds is 5. The summed E-state index contributed by atoms with van der Waals surface area (Å²) in [7, 11) is 1.94. The van der Waals surface area contributed by atoms with Gasteiger partial charge >= 0.3 is 0 Å². The average molecular weight is 426 g/mol. The van der Waals surface area contributed by atoms with Crippen LogP contribution in [0, 0.1) is 0 Å². The molecule has 2 atom stereocenters. The Morgan fingerprint density at radius 1 is 1.27 bits per heavy atom. The van der Waals surface area contributed by atoms with E-state index in [-0.39, 0.29) is 11.9 Å². The van der Waals surface area contributed by atoms with E-state index in [1.807, 2.05) is 35.9 Å². The molecule has 3 aromatic rings. The van der Waals surface area contributed by atoms with Crippen molar-refractivity contribution in [3.63, 3.8) is 0 Å². The van der Waals surface area contributed by atoms with Gasteiger partial charge < -0.3 is 20.3 Å². The molecular formula is C22H24ClN5O2. The normalized spacial score (nSPS) is 21.2. The highest BCUT2D eigenvalue weighted by Crippen LogP contribution is 2.33. The van der Waals surface area contributed by atoms with Gasteiger partial charge in [-0.15, -0.1) is 0 Å². The van der Waals surface area contributed by atoms with E-state index in [0.717, 1.165) is 48.7 Å². The Bertz CT molecular complexity index is 1120. The number of hydrogen-bond acceptors (Lipinski definition) is 5. The quantitative estimate of drug-likeness (QED) is 0.581. The monoisotopic (exact) mass is 425 g/mol. The number of benzene rings is 1. The predicted molar refractivity (Wildman–Crippen MR) is 117 cm³/mol. The van der Waals surface area contributed by atoms with E-state index in [2.05, 4.69) is 20.6 Å². The Morgan fingerprint density at radius 3 is 2.83 bits per heavy atom. The zero-order valence-electron chi connectivity index (χ0n) is 16.7. The number of hydrogen-bond donors (Lipinski definition) is 3. The maximum atomic E-state index is 12.7. The van der Waals surface area contributed by atoms with Gasteiger partial charge in [0.25, 0.3) is 5.91 Å². The molecule has 3 N–H and O–H groups in total. The van der Waals surface area contributed by atoms with Crippen molar-refractivity contribution in [2.75, 3.05) is 5.32 Å². The third-order valence-electron chi connectivity index (χ3n) is 6.02. The van der Waals surface area contributed by atoms with E-state index < -0.39 is 6.10 Å². The van der Waals surface area contributed by atoms with Crippen LogP contribution in [-0.2, 0) is 7.05 Å². The minimum atomic E-state index is -0.391. The summed E-state index contributed by atoms with van der Waals surface area (Å²) in [6, 6.07) is 7.93. The van der Waals surface area contributed by atoms with E-state index in [9.17, 15) is 9.90 Å². The standard InChI is InChI=1S/C22H24ClN5O2/c1-28-17-6-2-4-13(21(30)25-12-8-9-12)14(17)10-18(28)20-15(23)11-24-22(27-20)26-16-5-3-7-19(16)29/h2,4,6,10-12,16,19,29H,3,5,7-9H2,1H3,(H,25,30)(H,24,26,27). The zero-order chi connectivity index (χ0) is 20.8. The maximum Gasteiger partial charge on any atom is 0.252 e. The summed E-state index contributed by atoms with van der Waals surface area (Å²) in [6.45, 7) is 0. The SMILES string of the molecule is Cn1c(-c2nc(NC3CCCC3O)ncc2Cl)cc2c(C(=O)NC3CC3)cccc21. The van der Waals surface area contributed by atoms with E-state index in [1.165, 1.54) is 0 Å². The Kier molecular flexibility index (Phi) is 4.87. The second-order valence-corrected chi connectivity index (χ2v) is 8.62. The third-order valence-corrected chi connectivity index (χ3v) is 6.30. The molecular weight excluding hydrogens is 402 g/mol. The molecule has 7 nitrogen and oxygen atoms in total. The van der Waals surface area contributed by atoms with E-state index >= 15 is 0 Å². The van der Waals surface area contributed by atoms with Crippen LogP contribution in [-0.4, -0.2) is 43.7 Å². The summed E-state index contributed by atoms with van der Waals surface area (Å²) in [5.41, 5.74) is 2.98. The van der Waals surface area contributed by atoms with Gasteiger partial charge in [-0.25, -0.2) is 9.97 Å². The first-order valence-electron chi connectivity index (χ1n) is 10.4. The van der Waals surface area contributed by atoms with Crippen LogP contribution in [0.3, 0.4) is 0 Å². The van der Waals surface area contributed by atoms with Crippen molar-refractivity contribution in [2.45, 2.75) is 50.3 Å². The first-order chi connectivity index (χ1) is 14.5. The summed E-state index contributed by atoms with van der Waals surface area (Å²) >= 11 is 6.46.